The zero-order valence-corrected chi connectivity index (χ0v) is 17.2. The van der Waals surface area contributed by atoms with Crippen molar-refractivity contribution in [1.82, 2.24) is 14.7 Å². The van der Waals surface area contributed by atoms with Crippen LogP contribution in [0.2, 0.25) is 0 Å². The molecule has 29 heavy (non-hydrogen) atoms. The lowest BCUT2D eigenvalue weighted by atomic mass is 9.79. The van der Waals surface area contributed by atoms with Crippen LogP contribution in [0.1, 0.15) is 23.1 Å². The van der Waals surface area contributed by atoms with E-state index in [-0.39, 0.29) is 6.04 Å². The molecule has 2 aliphatic heterocycles. The van der Waals surface area contributed by atoms with Crippen molar-refractivity contribution in [2.24, 2.45) is 0 Å². The van der Waals surface area contributed by atoms with Gasteiger partial charge in [0.25, 0.3) is 0 Å². The first-order valence-corrected chi connectivity index (χ1v) is 10.5. The van der Waals surface area contributed by atoms with Gasteiger partial charge in [-0.25, -0.2) is 0 Å². The van der Waals surface area contributed by atoms with E-state index in [1.165, 1.54) is 5.56 Å². The van der Waals surface area contributed by atoms with Gasteiger partial charge < -0.3 is 10.0 Å². The minimum atomic E-state index is -0.821. The first-order valence-electron chi connectivity index (χ1n) is 10.5. The maximum atomic E-state index is 11.9. The molecule has 2 aliphatic rings. The van der Waals surface area contributed by atoms with Gasteiger partial charge in [-0.05, 0) is 36.7 Å². The monoisotopic (exact) mass is 390 g/mol. The molecule has 2 fully saturated rings. The lowest BCUT2D eigenvalue weighted by Gasteiger charge is -2.51. The summed E-state index contributed by atoms with van der Waals surface area (Å²) in [6, 6.07) is 20.3. The number of rotatable bonds is 4. The van der Waals surface area contributed by atoms with Gasteiger partial charge in [-0.2, -0.15) is 5.26 Å². The topological polar surface area (TPSA) is 53.7 Å². The van der Waals surface area contributed by atoms with Gasteiger partial charge >= 0.3 is 0 Å². The number of nitrogens with zero attached hydrogens (tertiary/aromatic N) is 4. The Kier molecular flexibility index (Phi) is 5.98. The summed E-state index contributed by atoms with van der Waals surface area (Å²) in [7, 11) is 2.17. The highest BCUT2D eigenvalue weighted by Crippen LogP contribution is 2.36. The molecule has 1 N–H and O–H groups in total. The lowest BCUT2D eigenvalue weighted by Crippen LogP contribution is -2.63. The van der Waals surface area contributed by atoms with Gasteiger partial charge in [0, 0.05) is 45.8 Å². The molecule has 0 aromatic heterocycles. The Morgan fingerprint density at radius 3 is 2.34 bits per heavy atom. The maximum Gasteiger partial charge on any atom is 0.108 e. The van der Waals surface area contributed by atoms with Crippen molar-refractivity contribution in [2.75, 3.05) is 46.3 Å². The predicted molar refractivity (Wildman–Crippen MR) is 114 cm³/mol. The molecular formula is C24H30N4O. The Bertz CT molecular complexity index is 839. The van der Waals surface area contributed by atoms with E-state index >= 15 is 0 Å². The molecule has 4 rings (SSSR count). The van der Waals surface area contributed by atoms with Crippen molar-refractivity contribution < 1.29 is 5.11 Å². The quantitative estimate of drug-likeness (QED) is 0.868. The van der Waals surface area contributed by atoms with E-state index in [0.29, 0.717) is 5.56 Å². The van der Waals surface area contributed by atoms with Gasteiger partial charge in [0.1, 0.15) is 5.60 Å². The largest absolute Gasteiger partial charge is 0.383 e. The minimum absolute atomic E-state index is 0.0748. The van der Waals surface area contributed by atoms with Gasteiger partial charge in [0.05, 0.1) is 17.7 Å². The molecule has 5 heteroatoms. The fraction of sp³-hybridized carbons (Fsp3) is 0.458. The summed E-state index contributed by atoms with van der Waals surface area (Å²) in [6.07, 6.45) is 0.726. The predicted octanol–water partition coefficient (Wildman–Crippen LogP) is 2.27. The van der Waals surface area contributed by atoms with Crippen LogP contribution in [0.25, 0.3) is 0 Å². The Labute approximate surface area is 173 Å². The van der Waals surface area contributed by atoms with E-state index in [2.05, 4.69) is 39.9 Å². The molecule has 0 unspecified atom stereocenters. The zero-order valence-electron chi connectivity index (χ0n) is 17.2. The highest BCUT2D eigenvalue weighted by molar-refractivity contribution is 5.32. The molecule has 0 spiro atoms. The molecule has 2 atom stereocenters. The molecule has 5 nitrogen and oxygen atoms in total. The van der Waals surface area contributed by atoms with Crippen LogP contribution in [0.15, 0.2) is 54.6 Å². The number of hydrogen-bond acceptors (Lipinski definition) is 5. The second kappa shape index (κ2) is 8.64. The first kappa shape index (κ1) is 20.1. The van der Waals surface area contributed by atoms with Crippen molar-refractivity contribution in [3.63, 3.8) is 0 Å². The van der Waals surface area contributed by atoms with E-state index < -0.39 is 5.60 Å². The van der Waals surface area contributed by atoms with Crippen molar-refractivity contribution in [3.05, 3.63) is 71.3 Å². The minimum Gasteiger partial charge on any atom is -0.383 e. The smallest absolute Gasteiger partial charge is 0.108 e. The highest BCUT2D eigenvalue weighted by Gasteiger charge is 2.46. The van der Waals surface area contributed by atoms with E-state index in [0.717, 1.165) is 57.8 Å². The number of likely N-dealkylation sites (tertiary alicyclic amines) is 1. The van der Waals surface area contributed by atoms with E-state index in [1.807, 2.05) is 42.5 Å². The van der Waals surface area contributed by atoms with Crippen LogP contribution >= 0.6 is 0 Å². The molecule has 2 heterocycles. The molecule has 0 saturated carbocycles. The van der Waals surface area contributed by atoms with Crippen LogP contribution in [-0.2, 0) is 12.1 Å². The summed E-state index contributed by atoms with van der Waals surface area (Å²) in [5, 5.41) is 20.9. The number of piperidine rings is 1. The summed E-state index contributed by atoms with van der Waals surface area (Å²) in [6.45, 7) is 6.60. The van der Waals surface area contributed by atoms with Crippen LogP contribution < -0.4 is 0 Å². The molecule has 2 saturated heterocycles. The standard InChI is InChI=1S/C24H30N4O/c1-26-13-15-28(16-14-26)23-19-27(18-21-9-7-20(17-25)8-10-21)12-11-24(23,29)22-5-3-2-4-6-22/h2-10,23,29H,11-16,18-19H2,1H3/t23-,24+/m1/s1. The van der Waals surface area contributed by atoms with Crippen molar-refractivity contribution in [3.8, 4) is 6.07 Å². The third-order valence-electron chi connectivity index (χ3n) is 6.53. The number of piperazine rings is 1. The van der Waals surface area contributed by atoms with Crippen LogP contribution in [0.4, 0.5) is 0 Å². The maximum absolute atomic E-state index is 11.9. The summed E-state index contributed by atoms with van der Waals surface area (Å²) >= 11 is 0. The summed E-state index contributed by atoms with van der Waals surface area (Å²) < 4.78 is 0. The lowest BCUT2D eigenvalue weighted by molar-refractivity contribution is -0.108. The highest BCUT2D eigenvalue weighted by atomic mass is 16.3. The number of nitriles is 1. The van der Waals surface area contributed by atoms with E-state index in [4.69, 9.17) is 5.26 Å². The number of benzene rings is 2. The molecule has 0 amide bonds. The molecule has 2 aromatic rings. The van der Waals surface area contributed by atoms with Crippen molar-refractivity contribution in [2.45, 2.75) is 24.6 Å². The van der Waals surface area contributed by atoms with Gasteiger partial charge in [0.15, 0.2) is 0 Å². The van der Waals surface area contributed by atoms with Crippen LogP contribution in [0.5, 0.6) is 0 Å². The molecule has 152 valence electrons. The van der Waals surface area contributed by atoms with E-state index in [9.17, 15) is 5.11 Å². The number of hydrogen-bond donors (Lipinski definition) is 1. The second-order valence-corrected chi connectivity index (χ2v) is 8.44. The van der Waals surface area contributed by atoms with E-state index in [1.54, 1.807) is 0 Å². The Hall–Kier alpha value is -2.23. The number of aliphatic hydroxyl groups is 1. The van der Waals surface area contributed by atoms with Crippen molar-refractivity contribution >= 4 is 0 Å². The summed E-state index contributed by atoms with van der Waals surface area (Å²) in [5.41, 5.74) is 2.12. The Morgan fingerprint density at radius 1 is 1.00 bits per heavy atom. The molecule has 0 radical (unpaired) electrons. The third kappa shape index (κ3) is 4.36. The average Bonchev–Trinajstić information content (AvgIpc) is 2.77. The van der Waals surface area contributed by atoms with Gasteiger partial charge in [-0.15, -0.1) is 0 Å². The normalized spacial score (nSPS) is 26.9. The fourth-order valence-electron chi connectivity index (χ4n) is 4.68. The van der Waals surface area contributed by atoms with Gasteiger partial charge in [0.2, 0.25) is 0 Å². The summed E-state index contributed by atoms with van der Waals surface area (Å²) in [5.74, 6) is 0. The first-order chi connectivity index (χ1) is 14.1. The summed E-state index contributed by atoms with van der Waals surface area (Å²) in [4.78, 5) is 7.29. The van der Waals surface area contributed by atoms with Gasteiger partial charge in [-0.3, -0.25) is 9.80 Å². The molecule has 0 aliphatic carbocycles. The SMILES string of the molecule is CN1CCN([C@@H]2CN(Cc3ccc(C#N)cc3)CC[C@]2(O)c2ccccc2)CC1. The molecule has 2 aromatic carbocycles. The number of likely N-dealkylation sites (N-methyl/N-ethyl adjacent to an activating group) is 1. The van der Waals surface area contributed by atoms with Crippen LogP contribution in [0.3, 0.4) is 0 Å². The Morgan fingerprint density at radius 2 is 1.69 bits per heavy atom. The molecular weight excluding hydrogens is 360 g/mol. The fourth-order valence-corrected chi connectivity index (χ4v) is 4.68. The Balaban J connectivity index is 1.55. The zero-order chi connectivity index (χ0) is 20.3. The second-order valence-electron chi connectivity index (χ2n) is 8.44. The van der Waals surface area contributed by atoms with Crippen LogP contribution in [0, 0.1) is 11.3 Å². The van der Waals surface area contributed by atoms with Crippen LogP contribution in [-0.4, -0.2) is 72.2 Å². The van der Waals surface area contributed by atoms with Crippen molar-refractivity contribution in [1.29, 1.82) is 5.26 Å². The molecule has 0 bridgehead atoms. The third-order valence-corrected chi connectivity index (χ3v) is 6.53. The average molecular weight is 391 g/mol. The van der Waals surface area contributed by atoms with Gasteiger partial charge in [-0.1, -0.05) is 42.5 Å².